The number of carbonyl (C=O) groups excluding carboxylic acids is 3. The van der Waals surface area contributed by atoms with Gasteiger partial charge in [0.25, 0.3) is 5.91 Å². The number of rotatable bonds is 6. The molecule has 1 saturated carbocycles. The van der Waals surface area contributed by atoms with Crippen LogP contribution < -0.4 is 5.32 Å². The van der Waals surface area contributed by atoms with E-state index in [1.165, 1.54) is 16.9 Å². The van der Waals surface area contributed by atoms with Crippen LogP contribution in [0.15, 0.2) is 30.3 Å². The Morgan fingerprint density at radius 3 is 2.47 bits per heavy atom. The fourth-order valence-electron chi connectivity index (χ4n) is 5.27. The van der Waals surface area contributed by atoms with Crippen molar-refractivity contribution in [2.75, 3.05) is 6.54 Å². The number of amides is 4. The molecule has 0 bridgehead atoms. The first-order chi connectivity index (χ1) is 14.6. The van der Waals surface area contributed by atoms with E-state index >= 15 is 0 Å². The van der Waals surface area contributed by atoms with E-state index in [1.807, 2.05) is 23.1 Å². The smallest absolute Gasteiger partial charge is 0.325 e. The number of urea groups is 1. The van der Waals surface area contributed by atoms with Crippen LogP contribution in [0.2, 0.25) is 0 Å². The van der Waals surface area contributed by atoms with Gasteiger partial charge in [0.05, 0.1) is 6.42 Å². The highest BCUT2D eigenvalue weighted by Crippen LogP contribution is 2.27. The second kappa shape index (κ2) is 9.63. The van der Waals surface area contributed by atoms with Crippen LogP contribution in [0.1, 0.15) is 69.8 Å². The first kappa shape index (κ1) is 20.9. The third kappa shape index (κ3) is 4.68. The van der Waals surface area contributed by atoms with E-state index in [0.29, 0.717) is 0 Å². The van der Waals surface area contributed by atoms with E-state index in [0.717, 1.165) is 64.3 Å². The molecule has 1 aromatic rings. The average molecular weight is 412 g/mol. The highest BCUT2D eigenvalue weighted by atomic mass is 16.2. The lowest BCUT2D eigenvalue weighted by Crippen LogP contribution is -2.47. The molecule has 1 aliphatic carbocycles. The Kier molecular flexibility index (Phi) is 6.70. The summed E-state index contributed by atoms with van der Waals surface area (Å²) in [6.07, 6.45) is 10.2. The van der Waals surface area contributed by atoms with Gasteiger partial charge >= 0.3 is 6.03 Å². The summed E-state index contributed by atoms with van der Waals surface area (Å²) >= 11 is 0. The summed E-state index contributed by atoms with van der Waals surface area (Å²) < 4.78 is 0. The molecule has 3 aliphatic rings. The van der Waals surface area contributed by atoms with Crippen molar-refractivity contribution >= 4 is 17.8 Å². The zero-order valence-electron chi connectivity index (χ0n) is 17.7. The number of nitrogens with one attached hydrogen (secondary N) is 1. The van der Waals surface area contributed by atoms with Crippen molar-refractivity contribution < 1.29 is 14.4 Å². The van der Waals surface area contributed by atoms with Gasteiger partial charge in [-0.3, -0.25) is 14.5 Å². The maximum Gasteiger partial charge on any atom is 0.325 e. The quantitative estimate of drug-likeness (QED) is 0.727. The summed E-state index contributed by atoms with van der Waals surface area (Å²) in [5.74, 6) is -0.213. The van der Waals surface area contributed by atoms with Gasteiger partial charge in [0.15, 0.2) is 0 Å². The maximum atomic E-state index is 13.1. The Bertz CT molecular complexity index is 760. The van der Waals surface area contributed by atoms with Crippen LogP contribution in [0.25, 0.3) is 0 Å². The molecule has 1 N–H and O–H groups in total. The molecule has 4 amide bonds. The van der Waals surface area contributed by atoms with Crippen LogP contribution in [0, 0.1) is 0 Å². The SMILES string of the molecule is O=C1N[C@@H](CC(=O)N2CCCC[C@@H]2CCc2ccccc2)C(=O)N1C1CCCCC1. The Labute approximate surface area is 179 Å². The number of aryl methyl sites for hydroxylation is 1. The fourth-order valence-corrected chi connectivity index (χ4v) is 5.27. The number of nitrogens with zero attached hydrogens (tertiary/aromatic N) is 2. The number of imide groups is 1. The topological polar surface area (TPSA) is 69.7 Å². The van der Waals surface area contributed by atoms with Crippen LogP contribution >= 0.6 is 0 Å². The molecule has 1 aromatic carbocycles. The van der Waals surface area contributed by atoms with Gasteiger partial charge in [0, 0.05) is 18.6 Å². The Hall–Kier alpha value is -2.37. The molecule has 0 radical (unpaired) electrons. The van der Waals surface area contributed by atoms with Gasteiger partial charge in [-0.25, -0.2) is 4.79 Å². The number of likely N-dealkylation sites (tertiary alicyclic amines) is 1. The number of hydrogen-bond donors (Lipinski definition) is 1. The molecule has 2 heterocycles. The van der Waals surface area contributed by atoms with Crippen LogP contribution in [-0.4, -0.2) is 52.3 Å². The van der Waals surface area contributed by atoms with Crippen molar-refractivity contribution in [3.63, 3.8) is 0 Å². The predicted molar refractivity (Wildman–Crippen MR) is 115 cm³/mol. The van der Waals surface area contributed by atoms with Crippen LogP contribution in [0.3, 0.4) is 0 Å². The van der Waals surface area contributed by atoms with Crippen molar-refractivity contribution in [2.45, 2.75) is 88.8 Å². The van der Waals surface area contributed by atoms with Gasteiger partial charge in [-0.1, -0.05) is 49.6 Å². The molecule has 2 saturated heterocycles. The second-order valence-electron chi connectivity index (χ2n) is 8.97. The van der Waals surface area contributed by atoms with Crippen LogP contribution in [0.4, 0.5) is 4.79 Å². The van der Waals surface area contributed by atoms with Crippen LogP contribution in [0.5, 0.6) is 0 Å². The number of benzene rings is 1. The normalized spacial score (nSPS) is 25.5. The van der Waals surface area contributed by atoms with E-state index in [9.17, 15) is 14.4 Å². The largest absolute Gasteiger partial charge is 0.340 e. The van der Waals surface area contributed by atoms with Crippen molar-refractivity contribution in [1.29, 1.82) is 0 Å². The lowest BCUT2D eigenvalue weighted by atomic mass is 9.94. The monoisotopic (exact) mass is 411 g/mol. The Balaban J connectivity index is 1.35. The summed E-state index contributed by atoms with van der Waals surface area (Å²) in [4.78, 5) is 41.8. The van der Waals surface area contributed by atoms with Gasteiger partial charge in [0.2, 0.25) is 5.91 Å². The minimum Gasteiger partial charge on any atom is -0.340 e. The predicted octanol–water partition coefficient (Wildman–Crippen LogP) is 3.64. The molecular formula is C24H33N3O3. The molecule has 2 atom stereocenters. The first-order valence-corrected chi connectivity index (χ1v) is 11.6. The molecule has 0 aromatic heterocycles. The Morgan fingerprint density at radius 2 is 1.70 bits per heavy atom. The van der Waals surface area contributed by atoms with E-state index in [2.05, 4.69) is 17.4 Å². The average Bonchev–Trinajstić information content (AvgIpc) is 3.06. The van der Waals surface area contributed by atoms with Crippen molar-refractivity contribution in [1.82, 2.24) is 15.1 Å². The molecule has 0 spiro atoms. The zero-order chi connectivity index (χ0) is 20.9. The minimum atomic E-state index is -0.705. The second-order valence-corrected chi connectivity index (χ2v) is 8.97. The van der Waals surface area contributed by atoms with Gasteiger partial charge in [-0.05, 0) is 50.5 Å². The summed E-state index contributed by atoms with van der Waals surface area (Å²) in [7, 11) is 0. The lowest BCUT2D eigenvalue weighted by Gasteiger charge is -2.36. The maximum absolute atomic E-state index is 13.1. The highest BCUT2D eigenvalue weighted by molar-refractivity contribution is 6.06. The lowest BCUT2D eigenvalue weighted by molar-refractivity contribution is -0.139. The first-order valence-electron chi connectivity index (χ1n) is 11.6. The summed E-state index contributed by atoms with van der Waals surface area (Å²) in [6, 6.07) is 9.56. The zero-order valence-corrected chi connectivity index (χ0v) is 17.7. The summed E-state index contributed by atoms with van der Waals surface area (Å²) in [5, 5.41) is 2.78. The van der Waals surface area contributed by atoms with E-state index in [-0.39, 0.29) is 36.3 Å². The minimum absolute atomic E-state index is 0.0000374. The summed E-state index contributed by atoms with van der Waals surface area (Å²) in [6.45, 7) is 0.749. The van der Waals surface area contributed by atoms with Gasteiger partial charge in [-0.15, -0.1) is 0 Å². The van der Waals surface area contributed by atoms with Gasteiger partial charge in [0.1, 0.15) is 6.04 Å². The van der Waals surface area contributed by atoms with E-state index in [4.69, 9.17) is 0 Å². The molecule has 4 rings (SSSR count). The molecular weight excluding hydrogens is 378 g/mol. The number of piperidine rings is 1. The molecule has 0 unspecified atom stereocenters. The van der Waals surface area contributed by atoms with Crippen molar-refractivity contribution in [3.8, 4) is 0 Å². The third-order valence-corrected chi connectivity index (χ3v) is 6.93. The summed E-state index contributed by atoms with van der Waals surface area (Å²) in [5.41, 5.74) is 1.29. The standard InChI is InChI=1S/C24H33N3O3/c28-22(17-21-23(29)27(24(30)25-21)20-12-5-2-6-13-20)26-16-8-7-11-19(26)15-14-18-9-3-1-4-10-18/h1,3-4,9-10,19-21H,2,5-8,11-17H2,(H,25,30)/t19-,21+/m1/s1. The van der Waals surface area contributed by atoms with Crippen molar-refractivity contribution in [2.24, 2.45) is 0 Å². The number of hydrogen-bond acceptors (Lipinski definition) is 3. The molecule has 30 heavy (non-hydrogen) atoms. The van der Waals surface area contributed by atoms with Gasteiger partial charge < -0.3 is 10.2 Å². The molecule has 6 heteroatoms. The van der Waals surface area contributed by atoms with Gasteiger partial charge in [-0.2, -0.15) is 0 Å². The fraction of sp³-hybridized carbons (Fsp3) is 0.625. The molecule has 6 nitrogen and oxygen atoms in total. The van der Waals surface area contributed by atoms with Crippen LogP contribution in [-0.2, 0) is 16.0 Å². The number of carbonyl (C=O) groups is 3. The van der Waals surface area contributed by atoms with E-state index in [1.54, 1.807) is 0 Å². The molecule has 3 fully saturated rings. The van der Waals surface area contributed by atoms with E-state index < -0.39 is 6.04 Å². The third-order valence-electron chi connectivity index (χ3n) is 6.93. The highest BCUT2D eigenvalue weighted by Gasteiger charge is 2.43. The van der Waals surface area contributed by atoms with Crippen molar-refractivity contribution in [3.05, 3.63) is 35.9 Å². The Morgan fingerprint density at radius 1 is 0.967 bits per heavy atom. The molecule has 2 aliphatic heterocycles. The molecule has 162 valence electrons.